The summed E-state index contributed by atoms with van der Waals surface area (Å²) in [4.78, 5) is 6.28. The summed E-state index contributed by atoms with van der Waals surface area (Å²) in [5.74, 6) is 0.544. The van der Waals surface area contributed by atoms with E-state index in [2.05, 4.69) is 10.4 Å². The number of fused-ring (bicyclic) bond motifs is 1. The Balaban J connectivity index is 2.39. The van der Waals surface area contributed by atoms with Crippen LogP contribution in [0.4, 0.5) is 0 Å². The lowest BCUT2D eigenvalue weighted by atomic mass is 10.5. The molecule has 52 valence electrons. The highest BCUT2D eigenvalue weighted by atomic mass is 16.5. The molecular weight excluding hydrogens is 132 g/mol. The van der Waals surface area contributed by atoms with E-state index >= 15 is 0 Å². The molecule has 1 N–H and O–H groups in total. The molecule has 2 aliphatic heterocycles. The molecule has 0 saturated heterocycles. The number of hydrogen-bond acceptors (Lipinski definition) is 4. The molecule has 10 heavy (non-hydrogen) atoms. The molecule has 0 amide bonds. The smallest absolute Gasteiger partial charge is 0.323 e. The first-order valence-corrected chi connectivity index (χ1v) is 2.92. The van der Waals surface area contributed by atoms with Gasteiger partial charge in [0.25, 0.3) is 0 Å². The van der Waals surface area contributed by atoms with E-state index in [1.807, 2.05) is 0 Å². The van der Waals surface area contributed by atoms with Crippen molar-refractivity contribution >= 4 is 12.1 Å². The van der Waals surface area contributed by atoms with Crippen molar-refractivity contribution in [1.29, 1.82) is 0 Å². The van der Waals surface area contributed by atoms with Crippen LogP contribution in [-0.4, -0.2) is 28.5 Å². The molecule has 2 rings (SSSR count). The van der Waals surface area contributed by atoms with E-state index in [9.17, 15) is 5.21 Å². The molecule has 5 heteroatoms. The van der Waals surface area contributed by atoms with Crippen molar-refractivity contribution in [2.45, 2.75) is 0 Å². The van der Waals surface area contributed by atoms with Gasteiger partial charge in [-0.05, 0) is 0 Å². The number of nitrogens with one attached hydrogen (secondary N) is 1. The summed E-state index contributed by atoms with van der Waals surface area (Å²) in [6, 6.07) is 0. The molecule has 2 heterocycles. The molecular formula is C5H6N4O. The third-order valence-corrected chi connectivity index (χ3v) is 1.41. The molecule has 0 aromatic rings. The van der Waals surface area contributed by atoms with Crippen molar-refractivity contribution in [1.82, 2.24) is 10.3 Å². The highest BCUT2D eigenvalue weighted by molar-refractivity contribution is 6.28. The number of hydrogen-bond donors (Lipinski definition) is 1. The van der Waals surface area contributed by atoms with Gasteiger partial charge in [-0.15, -0.1) is 0 Å². The van der Waals surface area contributed by atoms with Gasteiger partial charge in [-0.25, -0.2) is 10.3 Å². The summed E-state index contributed by atoms with van der Waals surface area (Å²) in [6.07, 6.45) is 4.91. The zero-order chi connectivity index (χ0) is 6.97. The third-order valence-electron chi connectivity index (χ3n) is 1.41. The number of amidine groups is 1. The van der Waals surface area contributed by atoms with Crippen LogP contribution in [0.3, 0.4) is 0 Å². The molecule has 0 fully saturated rings. The summed E-state index contributed by atoms with van der Waals surface area (Å²) in [5, 5.41) is 10.8. The summed E-state index contributed by atoms with van der Waals surface area (Å²) >= 11 is 0. The van der Waals surface area contributed by atoms with Crippen LogP contribution >= 0.6 is 0 Å². The molecule has 0 bridgehead atoms. The average molecular weight is 138 g/mol. The van der Waals surface area contributed by atoms with Crippen LogP contribution in [0.15, 0.2) is 17.4 Å². The number of rotatable bonds is 0. The lowest BCUT2D eigenvalue weighted by molar-refractivity contribution is -0.511. The first-order chi connectivity index (χ1) is 4.88. The lowest BCUT2D eigenvalue weighted by Crippen LogP contribution is -2.26. The number of hydrazone groups is 1. The summed E-state index contributed by atoms with van der Waals surface area (Å²) in [7, 11) is 0. The van der Waals surface area contributed by atoms with Crippen molar-refractivity contribution in [2.75, 3.05) is 6.67 Å². The van der Waals surface area contributed by atoms with Gasteiger partial charge in [-0.2, -0.15) is 4.85 Å². The lowest BCUT2D eigenvalue weighted by Gasteiger charge is -2.04. The number of hydrazine groups is 1. The zero-order valence-corrected chi connectivity index (χ0v) is 5.19. The SMILES string of the molecule is [O-][N+]1=C2C=NC=CN2CN1. The average Bonchev–Trinajstić information content (AvgIpc) is 2.34. The monoisotopic (exact) mass is 138 g/mol. The van der Waals surface area contributed by atoms with Crippen molar-refractivity contribution in [2.24, 2.45) is 4.99 Å². The Morgan fingerprint density at radius 2 is 2.70 bits per heavy atom. The van der Waals surface area contributed by atoms with Crippen LogP contribution in [0.5, 0.6) is 0 Å². The summed E-state index contributed by atoms with van der Waals surface area (Å²) < 4.78 is 0. The van der Waals surface area contributed by atoms with Gasteiger partial charge < -0.3 is 5.21 Å². The van der Waals surface area contributed by atoms with E-state index in [4.69, 9.17) is 0 Å². The topological polar surface area (TPSA) is 53.7 Å². The maximum absolute atomic E-state index is 10.8. The maximum Gasteiger partial charge on any atom is 0.323 e. The Morgan fingerprint density at radius 1 is 1.80 bits per heavy atom. The van der Waals surface area contributed by atoms with Crippen LogP contribution in [0, 0.1) is 5.21 Å². The largest absolute Gasteiger partial charge is 0.692 e. The Labute approximate surface area is 57.5 Å². The molecule has 0 unspecified atom stereocenters. The van der Waals surface area contributed by atoms with Gasteiger partial charge in [-0.3, -0.25) is 4.99 Å². The predicted octanol–water partition coefficient (Wildman–Crippen LogP) is -0.772. The minimum Gasteiger partial charge on any atom is -0.692 e. The molecule has 0 atom stereocenters. The highest BCUT2D eigenvalue weighted by Crippen LogP contribution is 2.00. The third kappa shape index (κ3) is 0.570. The van der Waals surface area contributed by atoms with Crippen LogP contribution in [0.1, 0.15) is 0 Å². The standard InChI is InChI=1S/C5H6N4O/c10-9-5-3-6-1-2-8(5)4-7-9/h1-3,7H,4H2. The van der Waals surface area contributed by atoms with E-state index in [0.29, 0.717) is 17.4 Å². The molecule has 0 aromatic heterocycles. The summed E-state index contributed by atoms with van der Waals surface area (Å²) in [6.45, 7) is 0.529. The van der Waals surface area contributed by atoms with Gasteiger partial charge in [0.15, 0.2) is 6.67 Å². The van der Waals surface area contributed by atoms with Crippen LogP contribution in [0.2, 0.25) is 0 Å². The minimum absolute atomic E-state index is 0.529. The summed E-state index contributed by atoms with van der Waals surface area (Å²) in [5.41, 5.74) is 2.59. The first-order valence-electron chi connectivity index (χ1n) is 2.92. The number of aliphatic imine (C=N–C) groups is 1. The van der Waals surface area contributed by atoms with Crippen LogP contribution in [0.25, 0.3) is 0 Å². The maximum atomic E-state index is 10.8. The van der Waals surface area contributed by atoms with Crippen LogP contribution < -0.4 is 5.43 Å². The Hall–Kier alpha value is -1.52. The Morgan fingerprint density at radius 3 is 3.50 bits per heavy atom. The van der Waals surface area contributed by atoms with E-state index in [-0.39, 0.29) is 0 Å². The molecule has 0 aromatic carbocycles. The Bertz CT molecular complexity index is 242. The van der Waals surface area contributed by atoms with Gasteiger partial charge in [0.2, 0.25) is 0 Å². The molecule has 5 nitrogen and oxygen atoms in total. The highest BCUT2D eigenvalue weighted by Gasteiger charge is 2.24. The van der Waals surface area contributed by atoms with Crippen molar-refractivity contribution in [3.63, 3.8) is 0 Å². The molecule has 0 radical (unpaired) electrons. The van der Waals surface area contributed by atoms with E-state index < -0.39 is 0 Å². The number of nitrogens with zero attached hydrogens (tertiary/aromatic N) is 3. The van der Waals surface area contributed by atoms with Gasteiger partial charge in [0.05, 0.1) is 6.20 Å². The second kappa shape index (κ2) is 1.73. The molecule has 0 aliphatic carbocycles. The molecule has 0 spiro atoms. The predicted molar refractivity (Wildman–Crippen MR) is 36.1 cm³/mol. The van der Waals surface area contributed by atoms with E-state index in [1.165, 1.54) is 6.21 Å². The van der Waals surface area contributed by atoms with Crippen molar-refractivity contribution in [3.8, 4) is 0 Å². The van der Waals surface area contributed by atoms with Gasteiger partial charge in [0.1, 0.15) is 12.4 Å². The van der Waals surface area contributed by atoms with Gasteiger partial charge >= 0.3 is 5.84 Å². The second-order valence-electron chi connectivity index (χ2n) is 2.01. The fourth-order valence-corrected chi connectivity index (χ4v) is 0.903. The molecule has 2 aliphatic rings. The normalized spacial score (nSPS) is 21.4. The van der Waals surface area contributed by atoms with E-state index in [0.717, 1.165) is 0 Å². The van der Waals surface area contributed by atoms with Crippen molar-refractivity contribution < 1.29 is 4.85 Å². The van der Waals surface area contributed by atoms with Gasteiger partial charge in [0, 0.05) is 0 Å². The second-order valence-corrected chi connectivity index (χ2v) is 2.01. The first kappa shape index (κ1) is 5.28. The Kier molecular flexibility index (Phi) is 0.913. The van der Waals surface area contributed by atoms with Crippen LogP contribution in [-0.2, 0) is 0 Å². The zero-order valence-electron chi connectivity index (χ0n) is 5.19. The fraction of sp³-hybridized carbons (Fsp3) is 0.200. The van der Waals surface area contributed by atoms with Crippen molar-refractivity contribution in [3.05, 3.63) is 17.6 Å². The minimum atomic E-state index is 0.529. The molecule has 0 saturated carbocycles. The quantitative estimate of drug-likeness (QED) is 0.353. The van der Waals surface area contributed by atoms with E-state index in [1.54, 1.807) is 17.3 Å². The fourth-order valence-electron chi connectivity index (χ4n) is 0.903. The van der Waals surface area contributed by atoms with Gasteiger partial charge in [-0.1, -0.05) is 0 Å².